The van der Waals surface area contributed by atoms with Gasteiger partial charge in [-0.25, -0.2) is 13.1 Å². The van der Waals surface area contributed by atoms with Crippen molar-refractivity contribution in [3.63, 3.8) is 0 Å². The van der Waals surface area contributed by atoms with Crippen LogP contribution in [0, 0.1) is 6.92 Å². The Hall–Kier alpha value is -3.21. The minimum absolute atomic E-state index is 0.0268. The standard InChI is InChI=1S/C24H23F3N2O4S/c1-16-11-12-18(34(32,33)29-14-17-7-3-2-4-8-17)13-20(16)23(31)28-15-22(30)19-9-5-6-10-21(19)24(25,26)27/h2-13,22,29-30H,14-15H2,1H3,(H,28,31). The van der Waals surface area contributed by atoms with E-state index in [1.807, 2.05) is 6.07 Å². The Bertz CT molecular complexity index is 1260. The molecule has 0 bridgehead atoms. The maximum atomic E-state index is 13.2. The van der Waals surface area contributed by atoms with Crippen molar-refractivity contribution in [3.05, 3.63) is 101 Å². The van der Waals surface area contributed by atoms with E-state index in [-0.39, 0.29) is 22.6 Å². The van der Waals surface area contributed by atoms with Crippen LogP contribution in [0.25, 0.3) is 0 Å². The highest BCUT2D eigenvalue weighted by Gasteiger charge is 2.34. The van der Waals surface area contributed by atoms with E-state index in [2.05, 4.69) is 10.0 Å². The van der Waals surface area contributed by atoms with Crippen LogP contribution in [-0.2, 0) is 22.7 Å². The molecule has 3 rings (SSSR count). The Balaban J connectivity index is 1.73. The molecule has 3 aromatic rings. The van der Waals surface area contributed by atoms with Crippen molar-refractivity contribution in [1.82, 2.24) is 10.0 Å². The summed E-state index contributed by atoms with van der Waals surface area (Å²) in [6.45, 7) is 1.16. The summed E-state index contributed by atoms with van der Waals surface area (Å²) in [6, 6.07) is 17.4. The zero-order valence-electron chi connectivity index (χ0n) is 18.1. The number of aliphatic hydroxyl groups is 1. The third-order valence-electron chi connectivity index (χ3n) is 5.15. The van der Waals surface area contributed by atoms with Gasteiger partial charge in [-0.2, -0.15) is 13.2 Å². The van der Waals surface area contributed by atoms with Crippen LogP contribution >= 0.6 is 0 Å². The molecule has 0 saturated heterocycles. The molecule has 0 saturated carbocycles. The fourth-order valence-corrected chi connectivity index (χ4v) is 4.35. The fraction of sp³-hybridized carbons (Fsp3) is 0.208. The van der Waals surface area contributed by atoms with E-state index in [0.29, 0.717) is 5.56 Å². The predicted molar refractivity (Wildman–Crippen MR) is 120 cm³/mol. The Morgan fingerprint density at radius 1 is 1.00 bits per heavy atom. The van der Waals surface area contributed by atoms with Crippen molar-refractivity contribution in [2.75, 3.05) is 6.54 Å². The molecule has 1 atom stereocenters. The zero-order valence-corrected chi connectivity index (χ0v) is 19.0. The summed E-state index contributed by atoms with van der Waals surface area (Å²) in [5.74, 6) is -0.721. The second-order valence-electron chi connectivity index (χ2n) is 7.60. The summed E-state index contributed by atoms with van der Waals surface area (Å²) in [5, 5.41) is 12.7. The highest BCUT2D eigenvalue weighted by molar-refractivity contribution is 7.89. The molecule has 1 unspecified atom stereocenters. The molecule has 180 valence electrons. The van der Waals surface area contributed by atoms with Crippen molar-refractivity contribution in [1.29, 1.82) is 0 Å². The summed E-state index contributed by atoms with van der Waals surface area (Å²) in [6.07, 6.45) is -6.27. The quantitative estimate of drug-likeness (QED) is 0.444. The molecule has 0 aromatic heterocycles. The van der Waals surface area contributed by atoms with Gasteiger partial charge in [0.2, 0.25) is 10.0 Å². The zero-order chi connectivity index (χ0) is 24.9. The summed E-state index contributed by atoms with van der Waals surface area (Å²) in [4.78, 5) is 12.5. The van der Waals surface area contributed by atoms with E-state index in [1.54, 1.807) is 31.2 Å². The number of hydrogen-bond donors (Lipinski definition) is 3. The van der Waals surface area contributed by atoms with Crippen molar-refractivity contribution >= 4 is 15.9 Å². The van der Waals surface area contributed by atoms with Gasteiger partial charge < -0.3 is 10.4 Å². The summed E-state index contributed by atoms with van der Waals surface area (Å²) in [7, 11) is -3.93. The average molecular weight is 493 g/mol. The van der Waals surface area contributed by atoms with Gasteiger partial charge in [0.25, 0.3) is 5.91 Å². The SMILES string of the molecule is Cc1ccc(S(=O)(=O)NCc2ccccc2)cc1C(=O)NCC(O)c1ccccc1C(F)(F)F. The lowest BCUT2D eigenvalue weighted by Gasteiger charge is -2.18. The van der Waals surface area contributed by atoms with Crippen LogP contribution in [0.2, 0.25) is 0 Å². The van der Waals surface area contributed by atoms with Gasteiger partial charge in [-0.1, -0.05) is 54.6 Å². The molecule has 0 radical (unpaired) electrons. The topological polar surface area (TPSA) is 95.5 Å². The second kappa shape index (κ2) is 10.4. The maximum absolute atomic E-state index is 13.2. The van der Waals surface area contributed by atoms with Gasteiger partial charge in [-0.3, -0.25) is 4.79 Å². The fourth-order valence-electron chi connectivity index (χ4n) is 3.31. The number of carbonyl (C=O) groups excluding carboxylic acids is 1. The highest BCUT2D eigenvalue weighted by atomic mass is 32.2. The lowest BCUT2D eigenvalue weighted by atomic mass is 10.0. The predicted octanol–water partition coefficient (Wildman–Crippen LogP) is 3.96. The Morgan fingerprint density at radius 2 is 1.65 bits per heavy atom. The molecular weight excluding hydrogens is 469 g/mol. The minimum Gasteiger partial charge on any atom is -0.387 e. The number of nitrogens with one attached hydrogen (secondary N) is 2. The van der Waals surface area contributed by atoms with E-state index in [9.17, 15) is 31.5 Å². The Morgan fingerprint density at radius 3 is 2.32 bits per heavy atom. The number of aliphatic hydroxyl groups excluding tert-OH is 1. The minimum atomic E-state index is -4.66. The molecule has 34 heavy (non-hydrogen) atoms. The van der Waals surface area contributed by atoms with Gasteiger partial charge in [0.1, 0.15) is 0 Å². The van der Waals surface area contributed by atoms with Crippen molar-refractivity contribution in [2.45, 2.75) is 30.6 Å². The van der Waals surface area contributed by atoms with Crippen LogP contribution < -0.4 is 10.0 Å². The number of benzene rings is 3. The molecule has 10 heteroatoms. The van der Waals surface area contributed by atoms with Crippen molar-refractivity contribution < 1.29 is 31.5 Å². The number of aryl methyl sites for hydroxylation is 1. The molecule has 0 aliphatic rings. The molecule has 0 spiro atoms. The summed E-state index contributed by atoms with van der Waals surface area (Å²) >= 11 is 0. The van der Waals surface area contributed by atoms with Gasteiger partial charge in [-0.15, -0.1) is 0 Å². The first-order chi connectivity index (χ1) is 16.0. The Labute approximate surface area is 195 Å². The largest absolute Gasteiger partial charge is 0.416 e. The number of amides is 1. The van der Waals surface area contributed by atoms with E-state index >= 15 is 0 Å². The van der Waals surface area contributed by atoms with E-state index < -0.39 is 40.3 Å². The van der Waals surface area contributed by atoms with E-state index in [0.717, 1.165) is 17.7 Å². The summed E-state index contributed by atoms with van der Waals surface area (Å²) < 4.78 is 67.4. The van der Waals surface area contributed by atoms with Gasteiger partial charge in [0.05, 0.1) is 16.6 Å². The first-order valence-corrected chi connectivity index (χ1v) is 11.7. The van der Waals surface area contributed by atoms with Gasteiger partial charge in [0.15, 0.2) is 0 Å². The molecular formula is C24H23F3N2O4S. The van der Waals surface area contributed by atoms with Crippen LogP contribution in [0.1, 0.15) is 38.7 Å². The number of carbonyl (C=O) groups is 1. The molecule has 6 nitrogen and oxygen atoms in total. The molecule has 0 aliphatic carbocycles. The Kier molecular flexibility index (Phi) is 7.75. The number of alkyl halides is 3. The van der Waals surface area contributed by atoms with Crippen LogP contribution in [0.15, 0.2) is 77.7 Å². The number of rotatable bonds is 8. The molecule has 0 aliphatic heterocycles. The molecule has 0 heterocycles. The van der Waals surface area contributed by atoms with Crippen LogP contribution in [0.5, 0.6) is 0 Å². The average Bonchev–Trinajstić information content (AvgIpc) is 2.81. The monoisotopic (exact) mass is 492 g/mol. The first kappa shape index (κ1) is 25.4. The number of halogens is 3. The third-order valence-corrected chi connectivity index (χ3v) is 6.55. The van der Waals surface area contributed by atoms with Gasteiger partial charge in [0, 0.05) is 18.7 Å². The van der Waals surface area contributed by atoms with Gasteiger partial charge >= 0.3 is 6.18 Å². The van der Waals surface area contributed by atoms with Crippen molar-refractivity contribution in [2.24, 2.45) is 0 Å². The molecule has 1 amide bonds. The van der Waals surface area contributed by atoms with Crippen LogP contribution in [0.4, 0.5) is 13.2 Å². The van der Waals surface area contributed by atoms with Crippen LogP contribution in [-0.4, -0.2) is 26.0 Å². The van der Waals surface area contributed by atoms with E-state index in [1.165, 1.54) is 30.3 Å². The molecule has 3 N–H and O–H groups in total. The lowest BCUT2D eigenvalue weighted by Crippen LogP contribution is -2.30. The normalized spacial score (nSPS) is 12.9. The second-order valence-corrected chi connectivity index (χ2v) is 9.36. The third kappa shape index (κ3) is 6.22. The van der Waals surface area contributed by atoms with Crippen molar-refractivity contribution in [3.8, 4) is 0 Å². The number of hydrogen-bond acceptors (Lipinski definition) is 4. The molecule has 3 aromatic carbocycles. The van der Waals surface area contributed by atoms with E-state index in [4.69, 9.17) is 0 Å². The van der Waals surface area contributed by atoms with Gasteiger partial charge in [-0.05, 0) is 41.8 Å². The smallest absolute Gasteiger partial charge is 0.387 e. The number of sulfonamides is 1. The van der Waals surface area contributed by atoms with Crippen LogP contribution in [0.3, 0.4) is 0 Å². The summed E-state index contributed by atoms with van der Waals surface area (Å²) in [5.41, 5.74) is -0.119. The highest BCUT2D eigenvalue weighted by Crippen LogP contribution is 2.34. The lowest BCUT2D eigenvalue weighted by molar-refractivity contribution is -0.139. The maximum Gasteiger partial charge on any atom is 0.416 e. The first-order valence-electron chi connectivity index (χ1n) is 10.3. The molecule has 0 fully saturated rings.